The molecular weight excluding hydrogens is 302 g/mol. The Labute approximate surface area is 112 Å². The quantitative estimate of drug-likeness (QED) is 0.854. The van der Waals surface area contributed by atoms with Crippen LogP contribution in [0.25, 0.3) is 5.82 Å². The third-order valence-corrected chi connectivity index (χ3v) is 3.67. The number of halogens is 1. The van der Waals surface area contributed by atoms with Gasteiger partial charge in [-0.15, -0.1) is 0 Å². The molecule has 0 aliphatic rings. The second-order valence-corrected chi connectivity index (χ2v) is 4.75. The van der Waals surface area contributed by atoms with Gasteiger partial charge in [-0.05, 0) is 29.8 Å². The number of nitrogens with zero attached hydrogens (tertiary/aromatic N) is 4. The lowest BCUT2D eigenvalue weighted by Crippen LogP contribution is -2.13. The second-order valence-electron chi connectivity index (χ2n) is 3.52. The molecule has 0 aromatic carbocycles. The van der Waals surface area contributed by atoms with Crippen LogP contribution < -0.4 is 5.73 Å². The van der Waals surface area contributed by atoms with Gasteiger partial charge in [-0.1, -0.05) is 12.2 Å². The average Bonchev–Trinajstić information content (AvgIpc) is 2.57. The van der Waals surface area contributed by atoms with Gasteiger partial charge < -0.3 is 5.73 Å². The summed E-state index contributed by atoms with van der Waals surface area (Å²) >= 11 is 8.28. The van der Waals surface area contributed by atoms with E-state index in [0.29, 0.717) is 11.5 Å². The van der Waals surface area contributed by atoms with Crippen molar-refractivity contribution >= 4 is 33.1 Å². The average molecular weight is 312 g/mol. The number of hydrogen-bond donors (Lipinski definition) is 1. The molecule has 0 aliphatic heterocycles. The van der Waals surface area contributed by atoms with E-state index in [1.54, 1.807) is 17.1 Å². The molecule has 0 unspecified atom stereocenters. The van der Waals surface area contributed by atoms with Gasteiger partial charge in [0.2, 0.25) is 0 Å². The zero-order chi connectivity index (χ0) is 12.6. The second kappa shape index (κ2) is 4.50. The molecule has 0 saturated carbocycles. The lowest BCUT2D eigenvalue weighted by atomic mass is 10.4. The van der Waals surface area contributed by atoms with Crippen molar-refractivity contribution in [3.63, 3.8) is 0 Å². The summed E-state index contributed by atoms with van der Waals surface area (Å²) in [6.45, 7) is 3.87. The first-order valence-electron chi connectivity index (χ1n) is 4.84. The van der Waals surface area contributed by atoms with Gasteiger partial charge in [0.25, 0.3) is 0 Å². The Morgan fingerprint density at radius 2 is 2.06 bits per heavy atom. The minimum absolute atomic E-state index is 0.235. The Morgan fingerprint density at radius 3 is 2.47 bits per heavy atom. The van der Waals surface area contributed by atoms with Crippen LogP contribution in [-0.4, -0.2) is 24.7 Å². The van der Waals surface area contributed by atoms with Crippen LogP contribution in [0.5, 0.6) is 0 Å². The molecule has 2 rings (SSSR count). The highest BCUT2D eigenvalue weighted by Crippen LogP contribution is 2.21. The molecule has 2 aromatic rings. The van der Waals surface area contributed by atoms with Gasteiger partial charge in [0.15, 0.2) is 5.82 Å². The summed E-state index contributed by atoms with van der Waals surface area (Å²) in [5.41, 5.74) is 7.84. The van der Waals surface area contributed by atoms with Crippen LogP contribution in [0.1, 0.15) is 17.1 Å². The first-order valence-corrected chi connectivity index (χ1v) is 6.04. The molecule has 7 heteroatoms. The van der Waals surface area contributed by atoms with E-state index in [9.17, 15) is 0 Å². The van der Waals surface area contributed by atoms with Crippen molar-refractivity contribution in [1.29, 1.82) is 0 Å². The summed E-state index contributed by atoms with van der Waals surface area (Å²) in [7, 11) is 0. The summed E-state index contributed by atoms with van der Waals surface area (Å²) in [6, 6.07) is 0. The normalized spacial score (nSPS) is 10.5. The summed E-state index contributed by atoms with van der Waals surface area (Å²) in [5.74, 6) is 0.635. The highest BCUT2D eigenvalue weighted by atomic mass is 79.9. The predicted octanol–water partition coefficient (Wildman–Crippen LogP) is 1.68. The molecule has 0 radical (unpaired) electrons. The van der Waals surface area contributed by atoms with E-state index in [-0.39, 0.29) is 4.99 Å². The fraction of sp³-hybridized carbons (Fsp3) is 0.200. The lowest BCUT2D eigenvalue weighted by molar-refractivity contribution is 0.798. The van der Waals surface area contributed by atoms with Crippen molar-refractivity contribution in [1.82, 2.24) is 19.7 Å². The molecule has 5 nitrogen and oxygen atoms in total. The highest BCUT2D eigenvalue weighted by Gasteiger charge is 2.11. The van der Waals surface area contributed by atoms with Gasteiger partial charge in [-0.25, -0.2) is 14.6 Å². The fourth-order valence-electron chi connectivity index (χ4n) is 1.40. The molecule has 2 N–H and O–H groups in total. The van der Waals surface area contributed by atoms with E-state index in [1.165, 1.54) is 0 Å². The van der Waals surface area contributed by atoms with Crippen molar-refractivity contribution in [3.8, 4) is 5.82 Å². The maximum Gasteiger partial charge on any atom is 0.172 e. The SMILES string of the molecule is Cc1nn(-c2cnc(C(N)=S)cn2)c(C)c1Br. The number of thiocarbonyl (C=S) groups is 1. The van der Waals surface area contributed by atoms with Crippen molar-refractivity contribution < 1.29 is 0 Å². The topological polar surface area (TPSA) is 69.6 Å². The standard InChI is InChI=1S/C10H10BrN5S/c1-5-9(11)6(2)16(15-5)8-4-13-7(3-14-8)10(12)17/h3-4H,1-2H3,(H2,12,17). The van der Waals surface area contributed by atoms with Crippen molar-refractivity contribution in [2.24, 2.45) is 5.73 Å². The predicted molar refractivity (Wildman–Crippen MR) is 72.2 cm³/mol. The first kappa shape index (κ1) is 12.1. The Balaban J connectivity index is 2.47. The highest BCUT2D eigenvalue weighted by molar-refractivity contribution is 9.10. The molecule has 0 spiro atoms. The molecular formula is C10H10BrN5S. The molecule has 0 fully saturated rings. The smallest absolute Gasteiger partial charge is 0.172 e. The molecule has 2 aromatic heterocycles. The van der Waals surface area contributed by atoms with E-state index in [0.717, 1.165) is 15.9 Å². The van der Waals surface area contributed by atoms with Crippen LogP contribution in [0.15, 0.2) is 16.9 Å². The largest absolute Gasteiger partial charge is 0.388 e. The zero-order valence-corrected chi connectivity index (χ0v) is 11.7. The third kappa shape index (κ3) is 2.20. The Kier molecular flexibility index (Phi) is 3.21. The molecule has 2 heterocycles. The van der Waals surface area contributed by atoms with Gasteiger partial charge in [0.1, 0.15) is 10.7 Å². The van der Waals surface area contributed by atoms with E-state index in [4.69, 9.17) is 18.0 Å². The van der Waals surface area contributed by atoms with Gasteiger partial charge in [-0.2, -0.15) is 5.10 Å². The maximum absolute atomic E-state index is 5.46. The Morgan fingerprint density at radius 1 is 1.35 bits per heavy atom. The molecule has 88 valence electrons. The van der Waals surface area contributed by atoms with Crippen LogP contribution in [0.2, 0.25) is 0 Å². The minimum atomic E-state index is 0.235. The Hall–Kier alpha value is -1.34. The molecule has 0 atom stereocenters. The van der Waals surface area contributed by atoms with E-state index >= 15 is 0 Å². The lowest BCUT2D eigenvalue weighted by Gasteiger charge is -2.03. The van der Waals surface area contributed by atoms with E-state index in [2.05, 4.69) is 31.0 Å². The number of aryl methyl sites for hydroxylation is 1. The summed E-state index contributed by atoms with van der Waals surface area (Å²) in [4.78, 5) is 8.60. The van der Waals surface area contributed by atoms with Crippen molar-refractivity contribution in [2.75, 3.05) is 0 Å². The molecule has 0 saturated heterocycles. The molecule has 17 heavy (non-hydrogen) atoms. The molecule has 0 bridgehead atoms. The maximum atomic E-state index is 5.46. The van der Waals surface area contributed by atoms with Crippen LogP contribution in [0.4, 0.5) is 0 Å². The third-order valence-electron chi connectivity index (χ3n) is 2.31. The molecule has 0 amide bonds. The van der Waals surface area contributed by atoms with Gasteiger partial charge in [-0.3, -0.25) is 0 Å². The number of rotatable bonds is 2. The fourth-order valence-corrected chi connectivity index (χ4v) is 1.76. The van der Waals surface area contributed by atoms with E-state index in [1.807, 2.05) is 13.8 Å². The first-order chi connectivity index (χ1) is 8.00. The van der Waals surface area contributed by atoms with Gasteiger partial charge in [0.05, 0.1) is 28.3 Å². The summed E-state index contributed by atoms with van der Waals surface area (Å²) < 4.78 is 2.69. The van der Waals surface area contributed by atoms with Crippen molar-refractivity contribution in [3.05, 3.63) is 33.9 Å². The van der Waals surface area contributed by atoms with Crippen molar-refractivity contribution in [2.45, 2.75) is 13.8 Å². The number of hydrogen-bond acceptors (Lipinski definition) is 4. The van der Waals surface area contributed by atoms with Crippen LogP contribution >= 0.6 is 28.1 Å². The summed E-state index contributed by atoms with van der Waals surface area (Å²) in [6.07, 6.45) is 3.14. The molecule has 0 aliphatic carbocycles. The van der Waals surface area contributed by atoms with Crippen LogP contribution in [0, 0.1) is 13.8 Å². The number of nitrogens with two attached hydrogens (primary N) is 1. The minimum Gasteiger partial charge on any atom is -0.388 e. The monoisotopic (exact) mass is 311 g/mol. The van der Waals surface area contributed by atoms with Gasteiger partial charge in [0, 0.05) is 0 Å². The van der Waals surface area contributed by atoms with Crippen LogP contribution in [-0.2, 0) is 0 Å². The van der Waals surface area contributed by atoms with E-state index < -0.39 is 0 Å². The van der Waals surface area contributed by atoms with Crippen LogP contribution in [0.3, 0.4) is 0 Å². The van der Waals surface area contributed by atoms with Gasteiger partial charge >= 0.3 is 0 Å². The summed E-state index contributed by atoms with van der Waals surface area (Å²) in [5, 5.41) is 4.36. The Bertz CT molecular complexity index is 575. The number of aromatic nitrogens is 4. The zero-order valence-electron chi connectivity index (χ0n) is 9.31.